The maximum Gasteiger partial charge on any atom is 0.471 e. The molecule has 0 radical (unpaired) electrons. The van der Waals surface area contributed by atoms with E-state index in [1.807, 2.05) is 0 Å². The third-order valence-electron chi connectivity index (χ3n) is 3.91. The van der Waals surface area contributed by atoms with Crippen molar-refractivity contribution in [2.45, 2.75) is 26.1 Å². The number of hydrogen-bond donors (Lipinski definition) is 2. The molecule has 1 fully saturated rings. The van der Waals surface area contributed by atoms with Crippen molar-refractivity contribution < 1.29 is 22.8 Å². The minimum absolute atomic E-state index is 0.0529. The van der Waals surface area contributed by atoms with E-state index in [4.69, 9.17) is 0 Å². The van der Waals surface area contributed by atoms with Crippen molar-refractivity contribution in [2.24, 2.45) is 5.92 Å². The maximum atomic E-state index is 12.6. The second-order valence-electron chi connectivity index (χ2n) is 5.70. The molecule has 0 saturated carbocycles. The molecule has 1 heterocycles. The number of halogens is 3. The van der Waals surface area contributed by atoms with Crippen molar-refractivity contribution in [1.29, 1.82) is 0 Å². The summed E-state index contributed by atoms with van der Waals surface area (Å²) in [6.45, 7) is 2.69. The van der Waals surface area contributed by atoms with Crippen LogP contribution in [0.15, 0.2) is 24.3 Å². The Morgan fingerprint density at radius 3 is 2.71 bits per heavy atom. The number of alkyl halides is 3. The quantitative estimate of drug-likeness (QED) is 0.861. The summed E-state index contributed by atoms with van der Waals surface area (Å²) < 4.78 is 37.7. The van der Waals surface area contributed by atoms with Crippen LogP contribution in [0.4, 0.5) is 18.9 Å². The molecule has 0 spiro atoms. The zero-order valence-corrected chi connectivity index (χ0v) is 13.3. The molecule has 24 heavy (non-hydrogen) atoms. The average Bonchev–Trinajstić information content (AvgIpc) is 3.06. The van der Waals surface area contributed by atoms with Crippen molar-refractivity contribution in [3.05, 3.63) is 29.8 Å². The second-order valence-corrected chi connectivity index (χ2v) is 5.70. The minimum atomic E-state index is -4.89. The van der Waals surface area contributed by atoms with E-state index in [-0.39, 0.29) is 24.9 Å². The van der Waals surface area contributed by atoms with Gasteiger partial charge in [-0.2, -0.15) is 13.2 Å². The Bertz CT molecular complexity index is 598. The molecule has 2 amide bonds. The van der Waals surface area contributed by atoms with Crippen LogP contribution in [0.2, 0.25) is 0 Å². The highest BCUT2D eigenvalue weighted by atomic mass is 19.4. The summed E-state index contributed by atoms with van der Waals surface area (Å²) in [4.78, 5) is 24.2. The van der Waals surface area contributed by atoms with Crippen LogP contribution in [0, 0.1) is 5.92 Å². The lowest BCUT2D eigenvalue weighted by Crippen LogP contribution is -2.40. The fraction of sp³-hybridized carbons (Fsp3) is 0.500. The van der Waals surface area contributed by atoms with Crippen LogP contribution in [0.25, 0.3) is 0 Å². The van der Waals surface area contributed by atoms with Gasteiger partial charge in [-0.15, -0.1) is 0 Å². The predicted octanol–water partition coefficient (Wildman–Crippen LogP) is 2.15. The Labute approximate surface area is 138 Å². The zero-order valence-electron chi connectivity index (χ0n) is 13.3. The molecule has 1 atom stereocenters. The van der Waals surface area contributed by atoms with Crippen LogP contribution in [-0.4, -0.2) is 42.5 Å². The molecule has 1 aromatic rings. The topological polar surface area (TPSA) is 61.4 Å². The first-order valence-corrected chi connectivity index (χ1v) is 7.78. The van der Waals surface area contributed by atoms with Crippen LogP contribution in [0.5, 0.6) is 0 Å². The normalized spacial score (nSPS) is 17.6. The number of hydrogen-bond acceptors (Lipinski definition) is 3. The van der Waals surface area contributed by atoms with Crippen molar-refractivity contribution in [3.63, 3.8) is 0 Å². The zero-order chi connectivity index (χ0) is 17.7. The summed E-state index contributed by atoms with van der Waals surface area (Å²) in [5.74, 6) is -2.08. The number of benzene rings is 1. The molecule has 132 valence electrons. The highest BCUT2D eigenvalue weighted by Gasteiger charge is 2.41. The van der Waals surface area contributed by atoms with Crippen molar-refractivity contribution in [2.75, 3.05) is 25.0 Å². The van der Waals surface area contributed by atoms with E-state index in [1.165, 1.54) is 6.92 Å². The lowest BCUT2D eigenvalue weighted by molar-refractivity contribution is -0.185. The largest absolute Gasteiger partial charge is 0.471 e. The summed E-state index contributed by atoms with van der Waals surface area (Å²) >= 11 is 0. The SMILES string of the molecule is CCN(Cc1cccc(NC(=O)C2CCNC2)c1)C(=O)C(F)(F)F. The van der Waals surface area contributed by atoms with Gasteiger partial charge in [0.05, 0.1) is 5.92 Å². The molecule has 5 nitrogen and oxygen atoms in total. The van der Waals surface area contributed by atoms with E-state index in [9.17, 15) is 22.8 Å². The van der Waals surface area contributed by atoms with Crippen LogP contribution in [0.3, 0.4) is 0 Å². The van der Waals surface area contributed by atoms with Gasteiger partial charge in [-0.1, -0.05) is 12.1 Å². The first-order valence-electron chi connectivity index (χ1n) is 7.78. The molecule has 1 unspecified atom stereocenters. The van der Waals surface area contributed by atoms with Gasteiger partial charge in [0.25, 0.3) is 0 Å². The molecular formula is C16H20F3N3O2. The molecule has 1 aliphatic heterocycles. The average molecular weight is 343 g/mol. The van der Waals surface area contributed by atoms with Gasteiger partial charge in [0.1, 0.15) is 0 Å². The lowest BCUT2D eigenvalue weighted by atomic mass is 10.1. The Hall–Kier alpha value is -2.09. The molecular weight excluding hydrogens is 323 g/mol. The van der Waals surface area contributed by atoms with Crippen LogP contribution >= 0.6 is 0 Å². The monoisotopic (exact) mass is 343 g/mol. The van der Waals surface area contributed by atoms with Gasteiger partial charge < -0.3 is 15.5 Å². The molecule has 0 aliphatic carbocycles. The molecule has 1 aromatic carbocycles. The number of nitrogens with zero attached hydrogens (tertiary/aromatic N) is 1. The summed E-state index contributed by atoms with van der Waals surface area (Å²) in [6.07, 6.45) is -4.13. The third-order valence-corrected chi connectivity index (χ3v) is 3.91. The van der Waals surface area contributed by atoms with Gasteiger partial charge in [0.2, 0.25) is 5.91 Å². The van der Waals surface area contributed by atoms with E-state index in [1.54, 1.807) is 24.3 Å². The molecule has 2 N–H and O–H groups in total. The highest BCUT2D eigenvalue weighted by Crippen LogP contribution is 2.21. The van der Waals surface area contributed by atoms with Crippen LogP contribution in [0.1, 0.15) is 18.9 Å². The third kappa shape index (κ3) is 4.70. The fourth-order valence-electron chi connectivity index (χ4n) is 2.60. The molecule has 1 aliphatic rings. The van der Waals surface area contributed by atoms with Crippen LogP contribution in [-0.2, 0) is 16.1 Å². The predicted molar refractivity (Wildman–Crippen MR) is 83.2 cm³/mol. The van der Waals surface area contributed by atoms with E-state index >= 15 is 0 Å². The van der Waals surface area contributed by atoms with Crippen molar-refractivity contribution in [3.8, 4) is 0 Å². The Morgan fingerprint density at radius 1 is 1.38 bits per heavy atom. The van der Waals surface area contributed by atoms with Gasteiger partial charge in [-0.25, -0.2) is 0 Å². The molecule has 0 aromatic heterocycles. The number of rotatable bonds is 5. The van der Waals surface area contributed by atoms with Crippen molar-refractivity contribution in [1.82, 2.24) is 10.2 Å². The summed E-state index contributed by atoms with van der Waals surface area (Å²) in [5, 5.41) is 5.87. The first kappa shape index (κ1) is 18.3. The number of nitrogens with one attached hydrogen (secondary N) is 2. The smallest absolute Gasteiger partial charge is 0.331 e. The maximum absolute atomic E-state index is 12.6. The summed E-state index contributed by atoms with van der Waals surface area (Å²) in [5.41, 5.74) is 1.04. The molecule has 8 heteroatoms. The van der Waals surface area contributed by atoms with E-state index < -0.39 is 12.1 Å². The number of carbonyl (C=O) groups excluding carboxylic acids is 2. The Kier molecular flexibility index (Phi) is 5.82. The van der Waals surface area contributed by atoms with E-state index in [2.05, 4.69) is 10.6 Å². The number of anilines is 1. The Morgan fingerprint density at radius 2 is 2.12 bits per heavy atom. The molecule has 1 saturated heterocycles. The minimum Gasteiger partial charge on any atom is -0.331 e. The second kappa shape index (κ2) is 7.65. The molecule has 0 bridgehead atoms. The molecule has 2 rings (SSSR count). The first-order chi connectivity index (χ1) is 11.3. The highest BCUT2D eigenvalue weighted by molar-refractivity contribution is 5.93. The summed E-state index contributed by atoms with van der Waals surface area (Å²) in [6, 6.07) is 6.53. The van der Waals surface area contributed by atoms with E-state index in [0.29, 0.717) is 17.8 Å². The van der Waals surface area contributed by atoms with E-state index in [0.717, 1.165) is 17.9 Å². The van der Waals surface area contributed by atoms with Crippen LogP contribution < -0.4 is 10.6 Å². The van der Waals surface area contributed by atoms with Crippen molar-refractivity contribution >= 4 is 17.5 Å². The lowest BCUT2D eigenvalue weighted by Gasteiger charge is -2.22. The fourth-order valence-corrected chi connectivity index (χ4v) is 2.60. The standard InChI is InChI=1S/C16H20F3N3O2/c1-2-22(15(24)16(17,18)19)10-11-4-3-5-13(8-11)21-14(23)12-6-7-20-9-12/h3-5,8,12,20H,2,6-7,9-10H2,1H3,(H,21,23). The number of amides is 2. The summed E-state index contributed by atoms with van der Waals surface area (Å²) in [7, 11) is 0. The van der Waals surface area contributed by atoms with Gasteiger partial charge in [-0.05, 0) is 37.6 Å². The van der Waals surface area contributed by atoms with Gasteiger partial charge in [0.15, 0.2) is 0 Å². The van der Waals surface area contributed by atoms with Gasteiger partial charge in [-0.3, -0.25) is 9.59 Å². The van der Waals surface area contributed by atoms with Gasteiger partial charge in [0, 0.05) is 25.3 Å². The number of carbonyl (C=O) groups is 2. The Balaban J connectivity index is 2.03. The van der Waals surface area contributed by atoms with Gasteiger partial charge >= 0.3 is 12.1 Å².